The first-order valence-corrected chi connectivity index (χ1v) is 13.1. The van der Waals surface area contributed by atoms with Gasteiger partial charge in [0, 0.05) is 22.1 Å². The molecule has 1 fully saturated rings. The summed E-state index contributed by atoms with van der Waals surface area (Å²) in [7, 11) is 0. The van der Waals surface area contributed by atoms with Crippen molar-refractivity contribution in [2.75, 3.05) is 19.9 Å². The Kier molecular flexibility index (Phi) is 7.40. The molecule has 6 heteroatoms. The van der Waals surface area contributed by atoms with Crippen molar-refractivity contribution in [3.05, 3.63) is 93.5 Å². The maximum Gasteiger partial charge on any atom is 0.251 e. The van der Waals surface area contributed by atoms with E-state index in [-0.39, 0.29) is 11.9 Å². The smallest absolute Gasteiger partial charge is 0.251 e. The molecule has 3 aromatic carbocycles. The summed E-state index contributed by atoms with van der Waals surface area (Å²) in [5.74, 6) is 2.40. The van der Waals surface area contributed by atoms with Gasteiger partial charge in [0.05, 0.1) is 6.04 Å². The van der Waals surface area contributed by atoms with E-state index in [1.807, 2.05) is 55.5 Å². The number of ether oxygens (including phenoxy) is 2. The van der Waals surface area contributed by atoms with Crippen LogP contribution in [0.15, 0.2) is 71.2 Å². The molecule has 0 radical (unpaired) electrons. The van der Waals surface area contributed by atoms with Crippen LogP contribution in [0.5, 0.6) is 11.5 Å². The number of likely N-dealkylation sites (tertiary alicyclic amines) is 1. The molecule has 0 aromatic heterocycles. The summed E-state index contributed by atoms with van der Waals surface area (Å²) in [6.07, 6.45) is 3.42. The number of piperidine rings is 1. The molecule has 1 amide bonds. The van der Waals surface area contributed by atoms with Crippen molar-refractivity contribution >= 4 is 21.8 Å². The van der Waals surface area contributed by atoms with Crippen molar-refractivity contribution in [3.63, 3.8) is 0 Å². The molecule has 0 bridgehead atoms. The zero-order chi connectivity index (χ0) is 24.2. The lowest BCUT2D eigenvalue weighted by molar-refractivity contribution is 0.0940. The fraction of sp³-hybridized carbons (Fsp3) is 0.345. The van der Waals surface area contributed by atoms with Crippen molar-refractivity contribution < 1.29 is 14.3 Å². The highest BCUT2D eigenvalue weighted by atomic mass is 79.9. The van der Waals surface area contributed by atoms with Crippen molar-refractivity contribution in [2.24, 2.45) is 5.92 Å². The molecule has 1 saturated heterocycles. The number of nitrogens with one attached hydrogen (secondary N) is 1. The van der Waals surface area contributed by atoms with Gasteiger partial charge >= 0.3 is 0 Å². The molecule has 35 heavy (non-hydrogen) atoms. The minimum atomic E-state index is -0.0449. The third kappa shape index (κ3) is 5.88. The number of amides is 1. The van der Waals surface area contributed by atoms with E-state index in [2.05, 4.69) is 44.3 Å². The van der Waals surface area contributed by atoms with Crippen LogP contribution in [-0.2, 0) is 13.0 Å². The minimum absolute atomic E-state index is 0.0398. The van der Waals surface area contributed by atoms with Gasteiger partial charge in [0.1, 0.15) is 0 Å². The zero-order valence-corrected chi connectivity index (χ0v) is 21.6. The molecule has 2 aliphatic rings. The first-order chi connectivity index (χ1) is 17.0. The molecular weight excluding hydrogens is 504 g/mol. The Morgan fingerprint density at radius 1 is 1.03 bits per heavy atom. The van der Waals surface area contributed by atoms with Crippen LogP contribution in [0.1, 0.15) is 52.9 Å². The second kappa shape index (κ2) is 10.8. The van der Waals surface area contributed by atoms with Gasteiger partial charge in [-0.1, -0.05) is 52.3 Å². The summed E-state index contributed by atoms with van der Waals surface area (Å²) in [5.41, 5.74) is 4.30. The van der Waals surface area contributed by atoms with Crippen LogP contribution in [0.25, 0.3) is 0 Å². The Hall–Kier alpha value is -2.83. The third-order valence-corrected chi connectivity index (χ3v) is 7.57. The summed E-state index contributed by atoms with van der Waals surface area (Å²) in [5, 5.41) is 3.10. The minimum Gasteiger partial charge on any atom is -0.454 e. The Morgan fingerprint density at radius 3 is 2.51 bits per heavy atom. The molecule has 0 unspecified atom stereocenters. The van der Waals surface area contributed by atoms with E-state index in [1.54, 1.807) is 0 Å². The van der Waals surface area contributed by atoms with Gasteiger partial charge in [-0.15, -0.1) is 0 Å². The topological polar surface area (TPSA) is 50.8 Å². The van der Waals surface area contributed by atoms with Crippen molar-refractivity contribution in [1.82, 2.24) is 10.2 Å². The van der Waals surface area contributed by atoms with Gasteiger partial charge in [-0.25, -0.2) is 0 Å². The van der Waals surface area contributed by atoms with Gasteiger partial charge < -0.3 is 14.8 Å². The van der Waals surface area contributed by atoms with E-state index >= 15 is 0 Å². The zero-order valence-electron chi connectivity index (χ0n) is 20.0. The first kappa shape index (κ1) is 23.9. The largest absolute Gasteiger partial charge is 0.454 e. The highest BCUT2D eigenvalue weighted by Gasteiger charge is 2.23. The number of para-hydroxylation sites is 1. The first-order valence-electron chi connectivity index (χ1n) is 12.3. The Bertz CT molecular complexity index is 1160. The molecule has 0 saturated carbocycles. The number of carbonyl (C=O) groups is 1. The quantitative estimate of drug-likeness (QED) is 0.396. The van der Waals surface area contributed by atoms with E-state index in [0.29, 0.717) is 18.3 Å². The van der Waals surface area contributed by atoms with Crippen LogP contribution in [-0.4, -0.2) is 30.7 Å². The van der Waals surface area contributed by atoms with Crippen LogP contribution in [0.2, 0.25) is 0 Å². The van der Waals surface area contributed by atoms with Gasteiger partial charge in [0.25, 0.3) is 5.91 Å². The lowest BCUT2D eigenvalue weighted by Gasteiger charge is -2.32. The number of rotatable bonds is 7. The fourth-order valence-corrected chi connectivity index (χ4v) is 5.21. The van der Waals surface area contributed by atoms with Crippen molar-refractivity contribution in [3.8, 4) is 11.5 Å². The van der Waals surface area contributed by atoms with E-state index in [1.165, 1.54) is 24.0 Å². The Morgan fingerprint density at radius 2 is 1.77 bits per heavy atom. The van der Waals surface area contributed by atoms with Crippen LogP contribution >= 0.6 is 15.9 Å². The van der Waals surface area contributed by atoms with E-state index in [4.69, 9.17) is 9.47 Å². The van der Waals surface area contributed by atoms with Gasteiger partial charge in [-0.2, -0.15) is 0 Å². The predicted octanol–water partition coefficient (Wildman–Crippen LogP) is 6.12. The lowest BCUT2D eigenvalue weighted by Crippen LogP contribution is -2.33. The number of fused-ring (bicyclic) bond motifs is 1. The average molecular weight is 535 g/mol. The maximum absolute atomic E-state index is 12.7. The van der Waals surface area contributed by atoms with Gasteiger partial charge in [0.15, 0.2) is 11.5 Å². The molecule has 1 N–H and O–H groups in total. The number of benzene rings is 3. The molecule has 3 aromatic rings. The fourth-order valence-electron chi connectivity index (χ4n) is 4.95. The van der Waals surface area contributed by atoms with Crippen LogP contribution in [0.3, 0.4) is 0 Å². The van der Waals surface area contributed by atoms with Crippen molar-refractivity contribution in [2.45, 2.75) is 38.8 Å². The lowest BCUT2D eigenvalue weighted by atomic mass is 9.89. The highest BCUT2D eigenvalue weighted by Crippen LogP contribution is 2.36. The number of halogens is 1. The van der Waals surface area contributed by atoms with Crippen molar-refractivity contribution in [1.29, 1.82) is 0 Å². The monoisotopic (exact) mass is 534 g/mol. The number of carbonyl (C=O) groups excluding carboxylic acids is 1. The summed E-state index contributed by atoms with van der Waals surface area (Å²) < 4.78 is 12.2. The molecule has 5 nitrogen and oxygen atoms in total. The number of hydrogen-bond donors (Lipinski definition) is 1. The molecule has 0 spiro atoms. The standard InChI is InChI=1S/C29H31BrN2O3/c1-20(23-9-11-26(30)12-10-23)31-29(33)24-7-5-21(6-8-24)17-22-13-15-32(16-14-22)18-25-3-2-4-27-28(25)35-19-34-27/h2-12,20,22H,13-19H2,1H3,(H,31,33)/t20-/m1/s1. The summed E-state index contributed by atoms with van der Waals surface area (Å²) >= 11 is 3.45. The maximum atomic E-state index is 12.7. The summed E-state index contributed by atoms with van der Waals surface area (Å²) in [4.78, 5) is 15.2. The van der Waals surface area contributed by atoms with E-state index < -0.39 is 0 Å². The summed E-state index contributed by atoms with van der Waals surface area (Å²) in [6, 6.07) is 22.3. The number of hydrogen-bond acceptors (Lipinski definition) is 4. The predicted molar refractivity (Wildman–Crippen MR) is 141 cm³/mol. The van der Waals surface area contributed by atoms with Gasteiger partial charge in [0.2, 0.25) is 6.79 Å². The average Bonchev–Trinajstić information content (AvgIpc) is 3.36. The summed E-state index contributed by atoms with van der Waals surface area (Å²) in [6.45, 7) is 5.40. The van der Waals surface area contributed by atoms with Gasteiger partial charge in [-0.05, 0) is 86.7 Å². The molecule has 1 atom stereocenters. The van der Waals surface area contributed by atoms with Crippen LogP contribution < -0.4 is 14.8 Å². The van der Waals surface area contributed by atoms with Crippen LogP contribution in [0, 0.1) is 5.92 Å². The molecule has 5 rings (SSSR count). The van der Waals surface area contributed by atoms with E-state index in [9.17, 15) is 4.79 Å². The van der Waals surface area contributed by atoms with Gasteiger partial charge in [-0.3, -0.25) is 9.69 Å². The highest BCUT2D eigenvalue weighted by molar-refractivity contribution is 9.10. The second-order valence-corrected chi connectivity index (χ2v) is 10.4. The van der Waals surface area contributed by atoms with E-state index in [0.717, 1.165) is 47.6 Å². The molecule has 182 valence electrons. The molecule has 0 aliphatic carbocycles. The third-order valence-electron chi connectivity index (χ3n) is 7.04. The molecule has 2 aliphatic heterocycles. The normalized spacial score (nSPS) is 16.7. The number of nitrogens with zero attached hydrogens (tertiary/aromatic N) is 1. The SMILES string of the molecule is C[C@@H](NC(=O)c1ccc(CC2CCN(Cc3cccc4c3OCO4)CC2)cc1)c1ccc(Br)cc1. The molecular formula is C29H31BrN2O3. The molecule has 2 heterocycles. The van der Waals surface area contributed by atoms with Crippen LogP contribution in [0.4, 0.5) is 0 Å². The Labute approximate surface area is 215 Å². The Balaban J connectivity index is 1.10. The second-order valence-electron chi connectivity index (χ2n) is 9.52.